The van der Waals surface area contributed by atoms with Crippen LogP contribution in [0, 0.1) is 0 Å². The Labute approximate surface area is 89.8 Å². The second-order valence-corrected chi connectivity index (χ2v) is 3.70. The molecule has 1 N–H and O–H groups in total. The maximum absolute atomic E-state index is 12.2. The highest BCUT2D eigenvalue weighted by atomic mass is 19.4. The number of halogens is 3. The van der Waals surface area contributed by atoms with Crippen molar-refractivity contribution in [3.8, 4) is 0 Å². The largest absolute Gasteiger partial charge is 0.401 e. The summed E-state index contributed by atoms with van der Waals surface area (Å²) in [4.78, 5) is 1.48. The highest BCUT2D eigenvalue weighted by Crippen LogP contribution is 2.16. The first-order valence-electron chi connectivity index (χ1n) is 5.43. The number of hydrogen-bond acceptors (Lipinski definition) is 2. The van der Waals surface area contributed by atoms with E-state index in [2.05, 4.69) is 5.32 Å². The standard InChI is InChI=1S/C10H21F3N2/c1-3-7-15(9-10(11,12)13)8-5-4-6-14-2/h14H,3-9H2,1-2H3. The fraction of sp³-hybridized carbons (Fsp3) is 1.00. The Morgan fingerprint density at radius 1 is 1.13 bits per heavy atom. The Morgan fingerprint density at radius 2 is 1.80 bits per heavy atom. The number of hydrogen-bond donors (Lipinski definition) is 1. The van der Waals surface area contributed by atoms with Gasteiger partial charge in [-0.15, -0.1) is 0 Å². The summed E-state index contributed by atoms with van der Waals surface area (Å²) in [5, 5.41) is 2.98. The zero-order chi connectivity index (χ0) is 11.7. The van der Waals surface area contributed by atoms with Crippen LogP contribution in [0.4, 0.5) is 13.2 Å². The summed E-state index contributed by atoms with van der Waals surface area (Å²) >= 11 is 0. The van der Waals surface area contributed by atoms with Crippen molar-refractivity contribution in [2.45, 2.75) is 32.4 Å². The van der Waals surface area contributed by atoms with E-state index in [-0.39, 0.29) is 0 Å². The normalized spacial score (nSPS) is 12.4. The van der Waals surface area contributed by atoms with Crippen molar-refractivity contribution >= 4 is 0 Å². The lowest BCUT2D eigenvalue weighted by Gasteiger charge is -2.22. The minimum Gasteiger partial charge on any atom is -0.320 e. The van der Waals surface area contributed by atoms with Crippen LogP contribution in [0.2, 0.25) is 0 Å². The average Bonchev–Trinajstić information content (AvgIpc) is 2.10. The van der Waals surface area contributed by atoms with Crippen LogP contribution >= 0.6 is 0 Å². The van der Waals surface area contributed by atoms with E-state index in [0.717, 1.165) is 25.8 Å². The van der Waals surface area contributed by atoms with E-state index >= 15 is 0 Å². The van der Waals surface area contributed by atoms with Gasteiger partial charge in [-0.2, -0.15) is 13.2 Å². The molecule has 0 aromatic carbocycles. The second-order valence-electron chi connectivity index (χ2n) is 3.70. The van der Waals surface area contributed by atoms with Crippen LogP contribution in [-0.2, 0) is 0 Å². The van der Waals surface area contributed by atoms with Crippen molar-refractivity contribution in [3.63, 3.8) is 0 Å². The number of alkyl halides is 3. The first-order valence-corrected chi connectivity index (χ1v) is 5.43. The minimum absolute atomic E-state index is 0.527. The smallest absolute Gasteiger partial charge is 0.320 e. The number of rotatable bonds is 8. The molecular formula is C10H21F3N2. The number of unbranched alkanes of at least 4 members (excludes halogenated alkanes) is 1. The topological polar surface area (TPSA) is 15.3 Å². The quantitative estimate of drug-likeness (QED) is 0.639. The van der Waals surface area contributed by atoms with Crippen LogP contribution in [0.3, 0.4) is 0 Å². The molecule has 0 heterocycles. The molecule has 0 rings (SSSR count). The molecule has 0 radical (unpaired) electrons. The summed E-state index contributed by atoms with van der Waals surface area (Å²) in [6, 6.07) is 0. The Morgan fingerprint density at radius 3 is 2.27 bits per heavy atom. The molecule has 0 atom stereocenters. The Bertz CT molecular complexity index is 148. The zero-order valence-electron chi connectivity index (χ0n) is 9.53. The Kier molecular flexibility index (Phi) is 7.78. The van der Waals surface area contributed by atoms with E-state index in [0.29, 0.717) is 13.1 Å². The lowest BCUT2D eigenvalue weighted by molar-refractivity contribution is -0.146. The van der Waals surface area contributed by atoms with Crippen molar-refractivity contribution < 1.29 is 13.2 Å². The van der Waals surface area contributed by atoms with Crippen molar-refractivity contribution in [2.24, 2.45) is 0 Å². The van der Waals surface area contributed by atoms with Crippen molar-refractivity contribution in [1.82, 2.24) is 10.2 Å². The van der Waals surface area contributed by atoms with Gasteiger partial charge in [-0.3, -0.25) is 4.90 Å². The summed E-state index contributed by atoms with van der Waals surface area (Å²) in [5.41, 5.74) is 0. The van der Waals surface area contributed by atoms with Gasteiger partial charge in [0.25, 0.3) is 0 Å². The van der Waals surface area contributed by atoms with Gasteiger partial charge in [0.2, 0.25) is 0 Å². The summed E-state index contributed by atoms with van der Waals surface area (Å²) in [7, 11) is 1.85. The molecule has 2 nitrogen and oxygen atoms in total. The Hall–Kier alpha value is -0.290. The minimum atomic E-state index is -4.07. The maximum atomic E-state index is 12.2. The predicted octanol–water partition coefficient (Wildman–Crippen LogP) is 2.26. The fourth-order valence-corrected chi connectivity index (χ4v) is 1.48. The molecule has 92 valence electrons. The SMILES string of the molecule is CCCN(CCCCNC)CC(F)(F)F. The highest BCUT2D eigenvalue weighted by Gasteiger charge is 2.29. The second kappa shape index (κ2) is 7.93. The molecule has 0 aromatic rings. The average molecular weight is 226 g/mol. The molecule has 0 amide bonds. The van der Waals surface area contributed by atoms with Crippen LogP contribution in [0.1, 0.15) is 26.2 Å². The summed E-state index contributed by atoms with van der Waals surface area (Å²) < 4.78 is 36.5. The first-order chi connectivity index (χ1) is 6.99. The van der Waals surface area contributed by atoms with Gasteiger partial charge in [0, 0.05) is 0 Å². The van der Waals surface area contributed by atoms with Gasteiger partial charge in [-0.05, 0) is 45.9 Å². The van der Waals surface area contributed by atoms with Crippen molar-refractivity contribution in [3.05, 3.63) is 0 Å². The molecule has 0 fully saturated rings. The molecule has 0 saturated carbocycles. The van der Waals surface area contributed by atoms with E-state index in [1.807, 2.05) is 14.0 Å². The molecule has 0 unspecified atom stereocenters. The molecule has 0 saturated heterocycles. The van der Waals surface area contributed by atoms with E-state index in [4.69, 9.17) is 0 Å². The van der Waals surface area contributed by atoms with Crippen LogP contribution in [0.25, 0.3) is 0 Å². The van der Waals surface area contributed by atoms with Gasteiger partial charge in [0.05, 0.1) is 6.54 Å². The highest BCUT2D eigenvalue weighted by molar-refractivity contribution is 4.63. The van der Waals surface area contributed by atoms with Crippen LogP contribution in [-0.4, -0.2) is 44.3 Å². The molecule has 0 aliphatic rings. The van der Waals surface area contributed by atoms with Crippen LogP contribution < -0.4 is 5.32 Å². The zero-order valence-corrected chi connectivity index (χ0v) is 9.53. The fourth-order valence-electron chi connectivity index (χ4n) is 1.48. The predicted molar refractivity (Wildman–Crippen MR) is 55.9 cm³/mol. The first kappa shape index (κ1) is 14.7. The number of nitrogens with zero attached hydrogens (tertiary/aromatic N) is 1. The van der Waals surface area contributed by atoms with Gasteiger partial charge in [0.15, 0.2) is 0 Å². The molecule has 0 aliphatic carbocycles. The van der Waals surface area contributed by atoms with Crippen LogP contribution in [0.15, 0.2) is 0 Å². The van der Waals surface area contributed by atoms with E-state index in [1.165, 1.54) is 4.90 Å². The summed E-state index contributed by atoms with van der Waals surface area (Å²) in [6.07, 6.45) is -1.56. The molecule has 0 bridgehead atoms. The van der Waals surface area contributed by atoms with E-state index < -0.39 is 12.7 Å². The van der Waals surface area contributed by atoms with Gasteiger partial charge in [-0.1, -0.05) is 6.92 Å². The molecule has 0 aromatic heterocycles. The van der Waals surface area contributed by atoms with E-state index in [9.17, 15) is 13.2 Å². The molecule has 15 heavy (non-hydrogen) atoms. The molecule has 0 aliphatic heterocycles. The number of nitrogens with one attached hydrogen (secondary N) is 1. The lowest BCUT2D eigenvalue weighted by Crippen LogP contribution is -2.35. The third kappa shape index (κ3) is 10.0. The molecule has 5 heteroatoms. The third-order valence-corrected chi connectivity index (χ3v) is 2.09. The van der Waals surface area contributed by atoms with Gasteiger partial charge >= 0.3 is 6.18 Å². The van der Waals surface area contributed by atoms with Crippen molar-refractivity contribution in [2.75, 3.05) is 33.2 Å². The van der Waals surface area contributed by atoms with Gasteiger partial charge in [0.1, 0.15) is 0 Å². The lowest BCUT2D eigenvalue weighted by atomic mass is 10.2. The van der Waals surface area contributed by atoms with E-state index in [1.54, 1.807) is 0 Å². The Balaban J connectivity index is 3.73. The molecule has 0 spiro atoms. The monoisotopic (exact) mass is 226 g/mol. The van der Waals surface area contributed by atoms with Crippen molar-refractivity contribution in [1.29, 1.82) is 0 Å². The molecular weight excluding hydrogens is 205 g/mol. The third-order valence-electron chi connectivity index (χ3n) is 2.09. The summed E-state index contributed by atoms with van der Waals surface area (Å²) in [6.45, 7) is 3.05. The van der Waals surface area contributed by atoms with Gasteiger partial charge < -0.3 is 5.32 Å². The summed E-state index contributed by atoms with van der Waals surface area (Å²) in [5.74, 6) is 0. The maximum Gasteiger partial charge on any atom is 0.401 e. The van der Waals surface area contributed by atoms with Crippen LogP contribution in [0.5, 0.6) is 0 Å². The van der Waals surface area contributed by atoms with Gasteiger partial charge in [-0.25, -0.2) is 0 Å².